The summed E-state index contributed by atoms with van der Waals surface area (Å²) < 4.78 is 5.11. The number of anilines is 1. The second-order valence-corrected chi connectivity index (χ2v) is 8.64. The van der Waals surface area contributed by atoms with Crippen molar-refractivity contribution in [3.05, 3.63) is 76.6 Å². The molecule has 2 aromatic heterocycles. The maximum absolute atomic E-state index is 12.9. The number of nitrogens with one attached hydrogen (secondary N) is 2. The zero-order valence-electron chi connectivity index (χ0n) is 16.4. The zero-order chi connectivity index (χ0) is 20.3. The molecule has 1 aliphatic rings. The summed E-state index contributed by atoms with van der Waals surface area (Å²) >= 11 is 1.28. The largest absolute Gasteiger partial charge is 0.459 e. The van der Waals surface area contributed by atoms with Gasteiger partial charge in [0.25, 0.3) is 11.8 Å². The second kappa shape index (κ2) is 8.25. The normalized spacial score (nSPS) is 15.2. The summed E-state index contributed by atoms with van der Waals surface area (Å²) in [4.78, 5) is 25.7. The highest BCUT2D eigenvalue weighted by atomic mass is 32.1. The van der Waals surface area contributed by atoms with Gasteiger partial charge >= 0.3 is 0 Å². The minimum atomic E-state index is -0.322. The molecule has 0 saturated heterocycles. The van der Waals surface area contributed by atoms with Crippen molar-refractivity contribution in [2.24, 2.45) is 0 Å². The van der Waals surface area contributed by atoms with Gasteiger partial charge in [0.15, 0.2) is 5.76 Å². The van der Waals surface area contributed by atoms with Crippen molar-refractivity contribution >= 4 is 28.2 Å². The van der Waals surface area contributed by atoms with E-state index >= 15 is 0 Å². The van der Waals surface area contributed by atoms with Gasteiger partial charge in [-0.15, -0.1) is 11.3 Å². The summed E-state index contributed by atoms with van der Waals surface area (Å²) in [5, 5.41) is 6.58. The molecule has 1 saturated carbocycles. The summed E-state index contributed by atoms with van der Waals surface area (Å²) in [7, 11) is 0. The number of carbonyl (C=O) groups is 2. The zero-order valence-corrected chi connectivity index (χ0v) is 17.2. The molecule has 6 heteroatoms. The van der Waals surface area contributed by atoms with Gasteiger partial charge in [-0.2, -0.15) is 0 Å². The molecule has 0 bridgehead atoms. The van der Waals surface area contributed by atoms with Crippen molar-refractivity contribution in [3.63, 3.8) is 0 Å². The maximum Gasteiger partial charge on any atom is 0.291 e. The molecule has 0 unspecified atom stereocenters. The minimum absolute atomic E-state index is 0.0123. The Balaban J connectivity index is 1.44. The van der Waals surface area contributed by atoms with Crippen LogP contribution in [0.4, 0.5) is 5.00 Å². The number of rotatable bonds is 6. The van der Waals surface area contributed by atoms with Gasteiger partial charge < -0.3 is 15.1 Å². The molecule has 0 atom stereocenters. The predicted octanol–water partition coefficient (Wildman–Crippen LogP) is 5.14. The first-order chi connectivity index (χ1) is 14.1. The van der Waals surface area contributed by atoms with Crippen LogP contribution in [0.2, 0.25) is 0 Å². The third kappa shape index (κ3) is 4.12. The van der Waals surface area contributed by atoms with Gasteiger partial charge in [0.2, 0.25) is 0 Å². The van der Waals surface area contributed by atoms with Crippen LogP contribution in [0.15, 0.2) is 59.2 Å². The van der Waals surface area contributed by atoms with Crippen molar-refractivity contribution < 1.29 is 14.0 Å². The van der Waals surface area contributed by atoms with Gasteiger partial charge in [-0.1, -0.05) is 43.2 Å². The predicted molar refractivity (Wildman–Crippen MR) is 115 cm³/mol. The van der Waals surface area contributed by atoms with E-state index in [0.717, 1.165) is 18.4 Å². The average Bonchev–Trinajstić information content (AvgIpc) is 3.49. The monoisotopic (exact) mass is 408 g/mol. The first-order valence-corrected chi connectivity index (χ1v) is 10.7. The van der Waals surface area contributed by atoms with Gasteiger partial charge in [-0.05, 0) is 49.1 Å². The lowest BCUT2D eigenvalue weighted by molar-refractivity contribution is 0.0945. The van der Waals surface area contributed by atoms with Crippen LogP contribution in [0, 0.1) is 6.92 Å². The van der Waals surface area contributed by atoms with E-state index in [2.05, 4.69) is 34.9 Å². The molecule has 29 heavy (non-hydrogen) atoms. The third-order valence-corrected chi connectivity index (χ3v) is 6.79. The molecule has 5 nitrogen and oxygen atoms in total. The van der Waals surface area contributed by atoms with Gasteiger partial charge in [0.1, 0.15) is 0 Å². The Hall–Kier alpha value is -2.86. The SMILES string of the molecule is Cc1cc(NC(=O)c2ccco2)sc1C(=O)NCC1(c2ccccc2)CCCC1. The number of amides is 2. The van der Waals surface area contributed by atoms with Crippen LogP contribution in [0.5, 0.6) is 0 Å². The van der Waals surface area contributed by atoms with Crippen LogP contribution in [-0.4, -0.2) is 18.4 Å². The fraction of sp³-hybridized carbons (Fsp3) is 0.304. The van der Waals surface area contributed by atoms with E-state index in [0.29, 0.717) is 16.4 Å². The van der Waals surface area contributed by atoms with Gasteiger partial charge in [0, 0.05) is 12.0 Å². The standard InChI is InChI=1S/C23H24N2O3S/c1-16-14-19(25-21(26)18-10-7-13-28-18)29-20(16)22(27)24-15-23(11-5-6-12-23)17-8-3-2-4-9-17/h2-4,7-10,13-14H,5-6,11-12,15H2,1H3,(H,24,27)(H,25,26). The summed E-state index contributed by atoms with van der Waals surface area (Å²) in [6, 6.07) is 15.6. The number of carbonyl (C=O) groups excluding carboxylic acids is 2. The molecule has 0 spiro atoms. The molecule has 2 amide bonds. The van der Waals surface area contributed by atoms with Crippen molar-refractivity contribution in [2.75, 3.05) is 11.9 Å². The number of furan rings is 1. The molecular weight excluding hydrogens is 384 g/mol. The van der Waals surface area contributed by atoms with Crippen LogP contribution in [0.1, 0.15) is 57.0 Å². The highest BCUT2D eigenvalue weighted by Crippen LogP contribution is 2.40. The Labute approximate surface area is 174 Å². The van der Waals surface area contributed by atoms with E-state index in [1.54, 1.807) is 12.1 Å². The number of aryl methyl sites for hydroxylation is 1. The first kappa shape index (κ1) is 19.5. The average molecular weight is 409 g/mol. The molecule has 4 rings (SSSR count). The lowest BCUT2D eigenvalue weighted by Gasteiger charge is -2.30. The fourth-order valence-electron chi connectivity index (χ4n) is 4.09. The van der Waals surface area contributed by atoms with Crippen LogP contribution >= 0.6 is 11.3 Å². The van der Waals surface area contributed by atoms with E-state index in [4.69, 9.17) is 4.42 Å². The molecule has 2 N–H and O–H groups in total. The van der Waals surface area contributed by atoms with Gasteiger partial charge in [0.05, 0.1) is 16.1 Å². The number of benzene rings is 1. The van der Waals surface area contributed by atoms with Crippen LogP contribution in [-0.2, 0) is 5.41 Å². The van der Waals surface area contributed by atoms with Crippen LogP contribution in [0.25, 0.3) is 0 Å². The second-order valence-electron chi connectivity index (χ2n) is 7.59. The quantitative estimate of drug-likeness (QED) is 0.593. The first-order valence-electron chi connectivity index (χ1n) is 9.86. The molecule has 0 aliphatic heterocycles. The van der Waals surface area contributed by atoms with E-state index in [9.17, 15) is 9.59 Å². The van der Waals surface area contributed by atoms with Crippen molar-refractivity contribution in [3.8, 4) is 0 Å². The van der Waals surface area contributed by atoms with E-state index in [1.165, 1.54) is 36.0 Å². The molecule has 2 heterocycles. The Morgan fingerprint density at radius 2 is 1.83 bits per heavy atom. The Bertz CT molecular complexity index is 987. The van der Waals surface area contributed by atoms with E-state index in [1.807, 2.05) is 19.1 Å². The van der Waals surface area contributed by atoms with Crippen molar-refractivity contribution in [2.45, 2.75) is 38.0 Å². The number of thiophene rings is 1. The molecule has 1 aromatic carbocycles. The van der Waals surface area contributed by atoms with Crippen LogP contribution in [0.3, 0.4) is 0 Å². The lowest BCUT2D eigenvalue weighted by atomic mass is 9.79. The molecule has 1 fully saturated rings. The molecule has 0 radical (unpaired) electrons. The maximum atomic E-state index is 12.9. The number of hydrogen-bond acceptors (Lipinski definition) is 4. The summed E-state index contributed by atoms with van der Waals surface area (Å²) in [6.07, 6.45) is 6.01. The van der Waals surface area contributed by atoms with Gasteiger partial charge in [-0.25, -0.2) is 0 Å². The Kier molecular flexibility index (Phi) is 5.53. The summed E-state index contributed by atoms with van der Waals surface area (Å²) in [6.45, 7) is 2.51. The van der Waals surface area contributed by atoms with Crippen molar-refractivity contribution in [1.82, 2.24) is 5.32 Å². The molecule has 150 valence electrons. The highest BCUT2D eigenvalue weighted by molar-refractivity contribution is 7.18. The summed E-state index contributed by atoms with van der Waals surface area (Å²) in [5.41, 5.74) is 2.16. The topological polar surface area (TPSA) is 71.3 Å². The fourth-order valence-corrected chi connectivity index (χ4v) is 5.08. The Morgan fingerprint density at radius 3 is 2.52 bits per heavy atom. The summed E-state index contributed by atoms with van der Waals surface area (Å²) in [5.74, 6) is -0.168. The number of hydrogen-bond donors (Lipinski definition) is 2. The van der Waals surface area contributed by atoms with Crippen molar-refractivity contribution in [1.29, 1.82) is 0 Å². The molecular formula is C23H24N2O3S. The van der Waals surface area contributed by atoms with Gasteiger partial charge in [-0.3, -0.25) is 9.59 Å². The van der Waals surface area contributed by atoms with Crippen LogP contribution < -0.4 is 10.6 Å². The molecule has 1 aliphatic carbocycles. The minimum Gasteiger partial charge on any atom is -0.459 e. The Morgan fingerprint density at radius 1 is 1.07 bits per heavy atom. The van der Waals surface area contributed by atoms with E-state index in [-0.39, 0.29) is 23.0 Å². The molecule has 3 aromatic rings. The smallest absolute Gasteiger partial charge is 0.291 e. The van der Waals surface area contributed by atoms with E-state index < -0.39 is 0 Å². The highest BCUT2D eigenvalue weighted by Gasteiger charge is 2.36. The lowest BCUT2D eigenvalue weighted by Crippen LogP contribution is -2.38. The third-order valence-electron chi connectivity index (χ3n) is 5.64.